The highest BCUT2D eigenvalue weighted by Crippen LogP contribution is 2.27. The van der Waals surface area contributed by atoms with Crippen LogP contribution in [0.1, 0.15) is 4.88 Å². The van der Waals surface area contributed by atoms with E-state index in [0.29, 0.717) is 6.42 Å². The molecule has 0 unspecified atom stereocenters. The fraction of sp³-hybridized carbons (Fsp3) is 0.312. The first-order valence-corrected chi connectivity index (χ1v) is 9.26. The van der Waals surface area contributed by atoms with Crippen LogP contribution in [0.4, 0.5) is 5.13 Å². The average molecular weight is 344 g/mol. The number of carbonyl (C=O) groups is 1. The van der Waals surface area contributed by atoms with Crippen LogP contribution in [0.5, 0.6) is 0 Å². The quantitative estimate of drug-likeness (QED) is 0.733. The molecule has 4 rings (SSSR count). The van der Waals surface area contributed by atoms with Gasteiger partial charge in [0, 0.05) is 37.3 Å². The van der Waals surface area contributed by atoms with Crippen LogP contribution in [0.25, 0.3) is 10.3 Å². The molecule has 0 aliphatic carbocycles. The Hall–Kier alpha value is -1.99. The van der Waals surface area contributed by atoms with Crippen molar-refractivity contribution in [3.05, 3.63) is 40.7 Å². The number of carbonyl (C=O) groups excluding carboxylic acids is 1. The first kappa shape index (κ1) is 14.6. The van der Waals surface area contributed by atoms with Crippen LogP contribution in [-0.2, 0) is 11.2 Å². The van der Waals surface area contributed by atoms with Crippen LogP contribution in [-0.4, -0.2) is 47.0 Å². The molecule has 0 radical (unpaired) electrons. The summed E-state index contributed by atoms with van der Waals surface area (Å²) in [5, 5.41) is 3.02. The summed E-state index contributed by atoms with van der Waals surface area (Å²) in [6.45, 7) is 3.17. The molecule has 5 nitrogen and oxygen atoms in total. The van der Waals surface area contributed by atoms with E-state index in [4.69, 9.17) is 0 Å². The summed E-state index contributed by atoms with van der Waals surface area (Å²) in [5.41, 5.74) is 0.948. The van der Waals surface area contributed by atoms with Gasteiger partial charge in [-0.3, -0.25) is 4.79 Å². The van der Waals surface area contributed by atoms with Crippen molar-refractivity contribution in [3.63, 3.8) is 0 Å². The third-order valence-electron chi connectivity index (χ3n) is 3.96. The third-order valence-corrected chi connectivity index (χ3v) is 5.88. The molecule has 23 heavy (non-hydrogen) atoms. The molecule has 3 aromatic heterocycles. The first-order valence-electron chi connectivity index (χ1n) is 7.56. The number of amides is 1. The summed E-state index contributed by atoms with van der Waals surface area (Å²) in [6.07, 6.45) is 2.31. The van der Waals surface area contributed by atoms with Crippen molar-refractivity contribution in [1.29, 1.82) is 0 Å². The van der Waals surface area contributed by atoms with Crippen LogP contribution in [0.2, 0.25) is 0 Å². The Bertz CT molecular complexity index is 773. The van der Waals surface area contributed by atoms with E-state index in [1.165, 1.54) is 0 Å². The van der Waals surface area contributed by atoms with Crippen molar-refractivity contribution >= 4 is 44.1 Å². The summed E-state index contributed by atoms with van der Waals surface area (Å²) in [7, 11) is 0. The lowest BCUT2D eigenvalue weighted by Gasteiger charge is -2.34. The van der Waals surface area contributed by atoms with E-state index in [1.54, 1.807) is 28.9 Å². The minimum absolute atomic E-state index is 0.220. The Kier molecular flexibility index (Phi) is 3.97. The molecule has 3 aromatic rings. The lowest BCUT2D eigenvalue weighted by Crippen LogP contribution is -2.49. The van der Waals surface area contributed by atoms with Crippen molar-refractivity contribution in [2.75, 3.05) is 31.1 Å². The first-order chi connectivity index (χ1) is 11.3. The zero-order valence-corrected chi connectivity index (χ0v) is 14.1. The number of thiazole rings is 1. The van der Waals surface area contributed by atoms with E-state index < -0.39 is 0 Å². The second-order valence-corrected chi connectivity index (χ2v) is 7.44. The number of hydrogen-bond donors (Lipinski definition) is 0. The molecular formula is C16H16N4OS2. The molecular weight excluding hydrogens is 328 g/mol. The van der Waals surface area contributed by atoms with E-state index >= 15 is 0 Å². The molecule has 0 N–H and O–H groups in total. The average Bonchev–Trinajstić information content (AvgIpc) is 3.24. The molecule has 0 saturated carbocycles. The van der Waals surface area contributed by atoms with Gasteiger partial charge in [0.05, 0.1) is 6.42 Å². The summed E-state index contributed by atoms with van der Waals surface area (Å²) in [5.74, 6) is 0.220. The van der Waals surface area contributed by atoms with Gasteiger partial charge < -0.3 is 9.80 Å². The van der Waals surface area contributed by atoms with Crippen LogP contribution in [0.15, 0.2) is 35.8 Å². The Morgan fingerprint density at radius 2 is 2.04 bits per heavy atom. The molecule has 4 heterocycles. The summed E-state index contributed by atoms with van der Waals surface area (Å²) < 4.78 is 0. The van der Waals surface area contributed by atoms with Crippen molar-refractivity contribution in [3.8, 4) is 0 Å². The number of hydrogen-bond acceptors (Lipinski definition) is 6. The van der Waals surface area contributed by atoms with Crippen LogP contribution >= 0.6 is 22.7 Å². The highest BCUT2D eigenvalue weighted by Gasteiger charge is 2.23. The Labute approximate surface area is 142 Å². The summed E-state index contributed by atoms with van der Waals surface area (Å²) in [6, 6.07) is 7.91. The maximum absolute atomic E-state index is 12.3. The zero-order valence-electron chi connectivity index (χ0n) is 12.5. The van der Waals surface area contributed by atoms with Gasteiger partial charge in [-0.2, -0.15) is 0 Å². The van der Waals surface area contributed by atoms with E-state index in [9.17, 15) is 4.79 Å². The fourth-order valence-corrected chi connectivity index (χ4v) is 4.37. The zero-order chi connectivity index (χ0) is 15.6. The predicted octanol–water partition coefficient (Wildman–Crippen LogP) is 2.64. The Balaban J connectivity index is 1.39. The van der Waals surface area contributed by atoms with Crippen LogP contribution in [0.3, 0.4) is 0 Å². The SMILES string of the molecule is O=C(Cc1cccs1)N1CCN(c2nc3cccnc3s2)CC1. The smallest absolute Gasteiger partial charge is 0.227 e. The molecule has 7 heteroatoms. The van der Waals surface area contributed by atoms with Crippen molar-refractivity contribution in [2.45, 2.75) is 6.42 Å². The number of anilines is 1. The molecule has 1 amide bonds. The van der Waals surface area contributed by atoms with E-state index in [1.807, 2.05) is 34.5 Å². The second-order valence-electron chi connectivity index (χ2n) is 5.45. The predicted molar refractivity (Wildman–Crippen MR) is 94.2 cm³/mol. The molecule has 1 aliphatic rings. The number of aromatic nitrogens is 2. The van der Waals surface area contributed by atoms with Gasteiger partial charge in [-0.05, 0) is 23.6 Å². The molecule has 0 atom stereocenters. The topological polar surface area (TPSA) is 49.3 Å². The third kappa shape index (κ3) is 3.07. The van der Waals surface area contributed by atoms with Crippen LogP contribution in [0, 0.1) is 0 Å². The van der Waals surface area contributed by atoms with E-state index in [0.717, 1.165) is 46.5 Å². The normalized spacial score (nSPS) is 15.3. The monoisotopic (exact) mass is 344 g/mol. The minimum Gasteiger partial charge on any atom is -0.344 e. The fourth-order valence-electron chi connectivity index (χ4n) is 2.71. The van der Waals surface area contributed by atoms with Gasteiger partial charge in [-0.25, -0.2) is 9.97 Å². The van der Waals surface area contributed by atoms with E-state index in [-0.39, 0.29) is 5.91 Å². The Morgan fingerprint density at radius 1 is 1.17 bits per heavy atom. The second kappa shape index (κ2) is 6.25. The largest absolute Gasteiger partial charge is 0.344 e. The van der Waals surface area contributed by atoms with Gasteiger partial charge in [0.2, 0.25) is 5.91 Å². The standard InChI is InChI=1S/C16H16N4OS2/c21-14(11-12-3-2-10-22-12)19-6-8-20(9-7-19)16-18-13-4-1-5-17-15(13)23-16/h1-5,10H,6-9,11H2. The number of nitrogens with zero attached hydrogens (tertiary/aromatic N) is 4. The van der Waals surface area contributed by atoms with E-state index in [2.05, 4.69) is 14.9 Å². The molecule has 0 bridgehead atoms. The number of fused-ring (bicyclic) bond motifs is 1. The maximum Gasteiger partial charge on any atom is 0.227 e. The van der Waals surface area contributed by atoms with Gasteiger partial charge in [0.15, 0.2) is 5.13 Å². The lowest BCUT2D eigenvalue weighted by atomic mass is 10.2. The van der Waals surface area contributed by atoms with Crippen molar-refractivity contribution in [1.82, 2.24) is 14.9 Å². The summed E-state index contributed by atoms with van der Waals surface area (Å²) >= 11 is 3.26. The number of rotatable bonds is 3. The van der Waals surface area contributed by atoms with Gasteiger partial charge >= 0.3 is 0 Å². The Morgan fingerprint density at radius 3 is 2.78 bits per heavy atom. The molecule has 118 valence electrons. The van der Waals surface area contributed by atoms with Crippen LogP contribution < -0.4 is 4.90 Å². The number of piperazine rings is 1. The number of pyridine rings is 1. The molecule has 1 aliphatic heterocycles. The van der Waals surface area contributed by atoms with Crippen molar-refractivity contribution in [2.24, 2.45) is 0 Å². The maximum atomic E-state index is 12.3. The van der Waals surface area contributed by atoms with Gasteiger partial charge in [-0.15, -0.1) is 11.3 Å². The lowest BCUT2D eigenvalue weighted by molar-refractivity contribution is -0.130. The highest BCUT2D eigenvalue weighted by molar-refractivity contribution is 7.21. The molecule has 0 spiro atoms. The summed E-state index contributed by atoms with van der Waals surface area (Å²) in [4.78, 5) is 27.7. The van der Waals surface area contributed by atoms with Gasteiger partial charge in [0.25, 0.3) is 0 Å². The molecule has 0 aromatic carbocycles. The van der Waals surface area contributed by atoms with Gasteiger partial charge in [0.1, 0.15) is 10.3 Å². The van der Waals surface area contributed by atoms with Gasteiger partial charge in [-0.1, -0.05) is 17.4 Å². The molecule has 1 saturated heterocycles. The highest BCUT2D eigenvalue weighted by atomic mass is 32.1. The minimum atomic E-state index is 0.220. The van der Waals surface area contributed by atoms with Crippen molar-refractivity contribution < 1.29 is 4.79 Å². The number of thiophene rings is 1. The molecule has 1 fully saturated rings.